The van der Waals surface area contributed by atoms with Crippen LogP contribution in [0.2, 0.25) is 0 Å². The normalized spacial score (nSPS) is 31.1. The summed E-state index contributed by atoms with van der Waals surface area (Å²) in [6, 6.07) is 0.333. The Balaban J connectivity index is 0.000000861. The summed E-state index contributed by atoms with van der Waals surface area (Å²) in [6.45, 7) is 11.6. The molecule has 0 aliphatic carbocycles. The first-order chi connectivity index (χ1) is 8.82. The monoisotopic (exact) mass is 270 g/mol. The van der Waals surface area contributed by atoms with Crippen LogP contribution in [-0.4, -0.2) is 57.9 Å². The fraction of sp³-hybridized carbons (Fsp3) is 0.867. The highest BCUT2D eigenvalue weighted by atomic mass is 16.3. The molecule has 2 rings (SSSR count). The third-order valence-corrected chi connectivity index (χ3v) is 3.77. The number of hydrogen-bond donors (Lipinski definition) is 2. The quantitative estimate of drug-likeness (QED) is 0.762. The van der Waals surface area contributed by atoms with Crippen molar-refractivity contribution in [3.8, 4) is 0 Å². The lowest BCUT2D eigenvalue weighted by Crippen LogP contribution is -2.54. The van der Waals surface area contributed by atoms with Gasteiger partial charge in [-0.05, 0) is 27.2 Å². The molecule has 0 saturated carbocycles. The summed E-state index contributed by atoms with van der Waals surface area (Å²) in [4.78, 5) is 4.42. The van der Waals surface area contributed by atoms with Crippen LogP contribution in [0.1, 0.15) is 47.5 Å². The third-order valence-electron chi connectivity index (χ3n) is 3.77. The second kappa shape index (κ2) is 6.14. The van der Waals surface area contributed by atoms with Gasteiger partial charge in [-0.1, -0.05) is 13.8 Å². The predicted octanol–water partition coefficient (Wildman–Crippen LogP) is 1.79. The zero-order valence-electron chi connectivity index (χ0n) is 13.3. The minimum Gasteiger partial charge on any atom is -0.389 e. The molecule has 0 fully saturated rings. The molecule has 2 atom stereocenters. The van der Waals surface area contributed by atoms with Crippen LogP contribution in [0.25, 0.3) is 0 Å². The zero-order valence-corrected chi connectivity index (χ0v) is 13.3. The molecule has 0 spiro atoms. The first-order valence-electron chi connectivity index (χ1n) is 7.43. The Bertz CT molecular complexity index is 337. The van der Waals surface area contributed by atoms with Gasteiger partial charge >= 0.3 is 0 Å². The second-order valence-electron chi connectivity index (χ2n) is 5.97. The van der Waals surface area contributed by atoms with Crippen LogP contribution in [0.5, 0.6) is 0 Å². The molecule has 2 unspecified atom stereocenters. The Morgan fingerprint density at radius 1 is 1.32 bits per heavy atom. The summed E-state index contributed by atoms with van der Waals surface area (Å²) in [5.74, 6) is 1.13. The Morgan fingerprint density at radius 2 is 1.89 bits per heavy atom. The number of rotatable bonds is 1. The zero-order chi connectivity index (χ0) is 14.8. The largest absolute Gasteiger partial charge is 0.389 e. The highest BCUT2D eigenvalue weighted by Crippen LogP contribution is 2.36. The van der Waals surface area contributed by atoms with Crippen molar-refractivity contribution in [3.63, 3.8) is 0 Å². The van der Waals surface area contributed by atoms with Crippen molar-refractivity contribution in [3.05, 3.63) is 11.4 Å². The molecule has 2 heterocycles. The van der Waals surface area contributed by atoms with E-state index in [9.17, 15) is 10.2 Å². The Labute approximate surface area is 117 Å². The van der Waals surface area contributed by atoms with Crippen LogP contribution in [0.3, 0.4) is 0 Å². The standard InChI is InChI=1S/C13H24N2O2.C2H6/c1-9(2)15-8-13(3,17)7-10-11(16)5-6-14(4)12(10)15;1-2/h9,11,16-17H,5-8H2,1-4H3;1-2H3. The van der Waals surface area contributed by atoms with Crippen molar-refractivity contribution < 1.29 is 10.2 Å². The average molecular weight is 270 g/mol. The van der Waals surface area contributed by atoms with Gasteiger partial charge in [0.05, 0.1) is 11.7 Å². The van der Waals surface area contributed by atoms with Gasteiger partial charge in [0.25, 0.3) is 0 Å². The number of aliphatic hydroxyl groups is 2. The van der Waals surface area contributed by atoms with Gasteiger partial charge in [-0.25, -0.2) is 0 Å². The summed E-state index contributed by atoms with van der Waals surface area (Å²) >= 11 is 0. The summed E-state index contributed by atoms with van der Waals surface area (Å²) in [7, 11) is 2.07. The lowest BCUT2D eigenvalue weighted by Gasteiger charge is -2.49. The van der Waals surface area contributed by atoms with Gasteiger partial charge in [0.15, 0.2) is 0 Å². The lowest BCUT2D eigenvalue weighted by molar-refractivity contribution is -0.0200. The Hall–Kier alpha value is -0.740. The van der Waals surface area contributed by atoms with E-state index in [0.29, 0.717) is 19.0 Å². The predicted molar refractivity (Wildman–Crippen MR) is 78.7 cm³/mol. The first kappa shape index (κ1) is 16.3. The smallest absolute Gasteiger partial charge is 0.106 e. The highest BCUT2D eigenvalue weighted by molar-refractivity contribution is 5.25. The van der Waals surface area contributed by atoms with E-state index in [1.165, 1.54) is 0 Å². The number of hydrogen-bond acceptors (Lipinski definition) is 4. The molecular formula is C15H30N2O2. The van der Waals surface area contributed by atoms with Crippen LogP contribution in [-0.2, 0) is 0 Å². The fourth-order valence-corrected chi connectivity index (χ4v) is 2.93. The molecule has 19 heavy (non-hydrogen) atoms. The SMILES string of the molecule is CC.CC(C)N1CC(C)(O)CC2=C1N(C)CCC2O. The molecule has 0 amide bonds. The molecule has 0 aromatic rings. The molecule has 0 aromatic carbocycles. The van der Waals surface area contributed by atoms with Gasteiger partial charge < -0.3 is 20.0 Å². The van der Waals surface area contributed by atoms with Gasteiger partial charge in [0.1, 0.15) is 5.82 Å². The third kappa shape index (κ3) is 3.42. The molecule has 2 aliphatic heterocycles. The molecule has 0 radical (unpaired) electrons. The van der Waals surface area contributed by atoms with Crippen molar-refractivity contribution in [1.29, 1.82) is 0 Å². The van der Waals surface area contributed by atoms with Crippen LogP contribution in [0.4, 0.5) is 0 Å². The van der Waals surface area contributed by atoms with E-state index in [1.54, 1.807) is 0 Å². The molecule has 4 nitrogen and oxygen atoms in total. The maximum atomic E-state index is 10.3. The summed E-state index contributed by atoms with van der Waals surface area (Å²) < 4.78 is 0. The van der Waals surface area contributed by atoms with Crippen LogP contribution < -0.4 is 0 Å². The molecule has 0 aromatic heterocycles. The van der Waals surface area contributed by atoms with E-state index >= 15 is 0 Å². The molecule has 0 saturated heterocycles. The molecular weight excluding hydrogens is 240 g/mol. The summed E-state index contributed by atoms with van der Waals surface area (Å²) in [5, 5.41) is 20.5. The van der Waals surface area contributed by atoms with E-state index in [4.69, 9.17) is 0 Å². The Kier molecular flexibility index (Phi) is 5.27. The van der Waals surface area contributed by atoms with Crippen LogP contribution in [0, 0.1) is 0 Å². The van der Waals surface area contributed by atoms with E-state index in [0.717, 1.165) is 24.4 Å². The molecule has 2 N–H and O–H groups in total. The van der Waals surface area contributed by atoms with Crippen molar-refractivity contribution in [2.24, 2.45) is 0 Å². The van der Waals surface area contributed by atoms with Gasteiger partial charge in [0, 0.05) is 38.2 Å². The summed E-state index contributed by atoms with van der Waals surface area (Å²) in [6.07, 6.45) is 0.947. The van der Waals surface area contributed by atoms with Crippen molar-refractivity contribution in [2.75, 3.05) is 20.1 Å². The minimum atomic E-state index is -0.734. The van der Waals surface area contributed by atoms with E-state index in [1.807, 2.05) is 20.8 Å². The molecule has 4 heteroatoms. The fourth-order valence-electron chi connectivity index (χ4n) is 2.93. The van der Waals surface area contributed by atoms with Gasteiger partial charge in [-0.3, -0.25) is 0 Å². The number of nitrogens with zero attached hydrogens (tertiary/aromatic N) is 2. The molecule has 112 valence electrons. The summed E-state index contributed by atoms with van der Waals surface area (Å²) in [5.41, 5.74) is 0.270. The maximum absolute atomic E-state index is 10.3. The number of β-amino-alcohol motifs (C(OH)–C–C–N with tert-alkyl or cyclic N) is 1. The van der Waals surface area contributed by atoms with Gasteiger partial charge in [0.2, 0.25) is 0 Å². The first-order valence-corrected chi connectivity index (χ1v) is 7.43. The maximum Gasteiger partial charge on any atom is 0.106 e. The van der Waals surface area contributed by atoms with Crippen molar-refractivity contribution in [1.82, 2.24) is 9.80 Å². The highest BCUT2D eigenvalue weighted by Gasteiger charge is 2.40. The van der Waals surface area contributed by atoms with E-state index in [-0.39, 0.29) is 0 Å². The number of aliphatic hydroxyl groups excluding tert-OH is 1. The topological polar surface area (TPSA) is 46.9 Å². The molecule has 0 bridgehead atoms. The van der Waals surface area contributed by atoms with Crippen LogP contribution >= 0.6 is 0 Å². The van der Waals surface area contributed by atoms with Gasteiger partial charge in [-0.2, -0.15) is 0 Å². The minimum absolute atomic E-state index is 0.333. The lowest BCUT2D eigenvalue weighted by atomic mass is 9.85. The van der Waals surface area contributed by atoms with E-state index < -0.39 is 11.7 Å². The Morgan fingerprint density at radius 3 is 2.42 bits per heavy atom. The van der Waals surface area contributed by atoms with Crippen molar-refractivity contribution >= 4 is 0 Å². The van der Waals surface area contributed by atoms with Gasteiger partial charge in [-0.15, -0.1) is 0 Å². The second-order valence-corrected chi connectivity index (χ2v) is 5.97. The van der Waals surface area contributed by atoms with Crippen molar-refractivity contribution in [2.45, 2.75) is 65.2 Å². The average Bonchev–Trinajstić information content (AvgIpc) is 2.34. The van der Waals surface area contributed by atoms with Crippen LogP contribution in [0.15, 0.2) is 11.4 Å². The molecule has 2 aliphatic rings. The van der Waals surface area contributed by atoms with E-state index in [2.05, 4.69) is 30.7 Å².